The van der Waals surface area contributed by atoms with Crippen LogP contribution in [-0.4, -0.2) is 31.8 Å². The zero-order chi connectivity index (χ0) is 19.6. The molecule has 27 heavy (non-hydrogen) atoms. The van der Waals surface area contributed by atoms with Crippen molar-refractivity contribution in [2.45, 2.75) is 0 Å². The highest BCUT2D eigenvalue weighted by Gasteiger charge is 2.20. The number of hydrogen-bond acceptors (Lipinski definition) is 4. The van der Waals surface area contributed by atoms with Gasteiger partial charge in [0.25, 0.3) is 5.91 Å². The van der Waals surface area contributed by atoms with Gasteiger partial charge in [-0.15, -0.1) is 0 Å². The summed E-state index contributed by atoms with van der Waals surface area (Å²) in [6.07, 6.45) is 1.68. The fraction of sp³-hybridized carbons (Fsp3) is 0.150. The van der Waals surface area contributed by atoms with E-state index < -0.39 is 0 Å². The predicted octanol–water partition coefficient (Wildman–Crippen LogP) is 5.18. The molecule has 0 bridgehead atoms. The first kappa shape index (κ1) is 19.1. The van der Waals surface area contributed by atoms with E-state index in [1.165, 1.54) is 25.9 Å². The third-order valence-corrected chi connectivity index (χ3v) is 4.83. The second kappa shape index (κ2) is 7.94. The fourth-order valence-corrected chi connectivity index (χ4v) is 3.09. The molecule has 3 aromatic rings. The molecule has 0 spiro atoms. The molecule has 0 atom stereocenters. The van der Waals surface area contributed by atoms with Gasteiger partial charge >= 0.3 is 0 Å². The van der Waals surface area contributed by atoms with E-state index in [-0.39, 0.29) is 5.91 Å². The molecule has 0 radical (unpaired) electrons. The largest absolute Gasteiger partial charge is 0.493 e. The van der Waals surface area contributed by atoms with E-state index in [2.05, 4.69) is 0 Å². The molecule has 3 rings (SSSR count). The minimum Gasteiger partial charge on any atom is -0.493 e. The second-order valence-corrected chi connectivity index (χ2v) is 6.43. The van der Waals surface area contributed by atoms with Gasteiger partial charge in [-0.2, -0.15) is 0 Å². The lowest BCUT2D eigenvalue weighted by atomic mass is 10.1. The summed E-state index contributed by atoms with van der Waals surface area (Å²) >= 11 is 12.1. The number of rotatable bonds is 5. The molecule has 0 amide bonds. The van der Waals surface area contributed by atoms with Gasteiger partial charge in [0.2, 0.25) is 5.75 Å². The van der Waals surface area contributed by atoms with Gasteiger partial charge in [0, 0.05) is 17.3 Å². The highest BCUT2D eigenvalue weighted by molar-refractivity contribution is 6.42. The lowest BCUT2D eigenvalue weighted by Crippen LogP contribution is -2.13. The average Bonchev–Trinajstić information content (AvgIpc) is 3.18. The summed E-state index contributed by atoms with van der Waals surface area (Å²) in [5.74, 6) is 0.987. The molecule has 0 N–H and O–H groups in total. The number of carbonyl (C=O) groups is 1. The van der Waals surface area contributed by atoms with Crippen LogP contribution >= 0.6 is 23.2 Å². The summed E-state index contributed by atoms with van der Waals surface area (Å²) in [7, 11) is 4.51. The van der Waals surface area contributed by atoms with Crippen LogP contribution < -0.4 is 14.2 Å². The molecular weight excluding hydrogens is 389 g/mol. The van der Waals surface area contributed by atoms with E-state index in [0.29, 0.717) is 38.6 Å². The van der Waals surface area contributed by atoms with Crippen molar-refractivity contribution < 1.29 is 19.0 Å². The van der Waals surface area contributed by atoms with Crippen LogP contribution in [0.15, 0.2) is 48.7 Å². The van der Waals surface area contributed by atoms with E-state index in [1.807, 2.05) is 12.1 Å². The second-order valence-electron chi connectivity index (χ2n) is 5.61. The molecule has 7 heteroatoms. The molecule has 0 fully saturated rings. The molecule has 140 valence electrons. The van der Waals surface area contributed by atoms with Gasteiger partial charge in [-0.25, -0.2) is 0 Å². The maximum absolute atomic E-state index is 13.1. The van der Waals surface area contributed by atoms with Crippen LogP contribution in [0.1, 0.15) is 10.4 Å². The van der Waals surface area contributed by atoms with E-state index in [1.54, 1.807) is 36.5 Å². The Morgan fingerprint density at radius 1 is 0.889 bits per heavy atom. The van der Waals surface area contributed by atoms with Crippen LogP contribution in [0.5, 0.6) is 17.2 Å². The van der Waals surface area contributed by atoms with E-state index in [9.17, 15) is 4.79 Å². The fourth-order valence-electron chi connectivity index (χ4n) is 2.79. The zero-order valence-electron chi connectivity index (χ0n) is 15.0. The molecule has 2 aromatic carbocycles. The van der Waals surface area contributed by atoms with Gasteiger partial charge in [0.05, 0.1) is 37.1 Å². The molecule has 5 nitrogen and oxygen atoms in total. The quantitative estimate of drug-likeness (QED) is 0.586. The zero-order valence-corrected chi connectivity index (χ0v) is 16.5. The van der Waals surface area contributed by atoms with Crippen molar-refractivity contribution in [2.24, 2.45) is 0 Å². The van der Waals surface area contributed by atoms with Crippen molar-refractivity contribution in [2.75, 3.05) is 21.3 Å². The number of ether oxygens (including phenoxy) is 3. The first-order valence-corrected chi connectivity index (χ1v) is 8.73. The number of methoxy groups -OCH3 is 3. The Balaban J connectivity index is 2.08. The third-order valence-electron chi connectivity index (χ3n) is 4.09. The summed E-state index contributed by atoms with van der Waals surface area (Å²) in [6, 6.07) is 12.1. The molecule has 0 aliphatic rings. The topological polar surface area (TPSA) is 49.7 Å². The number of nitrogens with zero attached hydrogens (tertiary/aromatic N) is 1. The van der Waals surface area contributed by atoms with Crippen LogP contribution in [0.25, 0.3) is 11.3 Å². The van der Waals surface area contributed by atoms with Crippen molar-refractivity contribution in [3.05, 3.63) is 64.3 Å². The highest BCUT2D eigenvalue weighted by atomic mass is 35.5. The number of carbonyl (C=O) groups excluding carboxylic acids is 1. The van der Waals surface area contributed by atoms with Crippen LogP contribution in [0.3, 0.4) is 0 Å². The maximum atomic E-state index is 13.1. The Hall–Kier alpha value is -2.63. The number of aromatic nitrogens is 1. The molecule has 0 unspecified atom stereocenters. The lowest BCUT2D eigenvalue weighted by molar-refractivity contribution is 0.0961. The van der Waals surface area contributed by atoms with Gasteiger partial charge in [-0.3, -0.25) is 9.36 Å². The summed E-state index contributed by atoms with van der Waals surface area (Å²) < 4.78 is 17.5. The molecule has 0 saturated heterocycles. The normalized spacial score (nSPS) is 10.6. The maximum Gasteiger partial charge on any atom is 0.262 e. The third kappa shape index (κ3) is 3.61. The Morgan fingerprint density at radius 2 is 1.56 bits per heavy atom. The first-order chi connectivity index (χ1) is 13.0. The van der Waals surface area contributed by atoms with Crippen LogP contribution in [0.4, 0.5) is 0 Å². The molecule has 1 heterocycles. The van der Waals surface area contributed by atoms with Crippen molar-refractivity contribution >= 4 is 29.1 Å². The summed E-state index contributed by atoms with van der Waals surface area (Å²) in [4.78, 5) is 13.1. The number of halogens is 2. The molecule has 1 aromatic heterocycles. The Morgan fingerprint density at radius 3 is 2.11 bits per heavy atom. The van der Waals surface area contributed by atoms with Gasteiger partial charge in [0.15, 0.2) is 11.5 Å². The van der Waals surface area contributed by atoms with Crippen LogP contribution in [-0.2, 0) is 0 Å². The summed E-state index contributed by atoms with van der Waals surface area (Å²) in [5, 5.41) is 0.872. The standard InChI is InChI=1S/C20H17Cl2NO4/c1-25-17-10-13(11-18(26-2)19(17)27-3)20(24)23-8-4-5-16(23)12-6-7-14(21)15(22)9-12/h4-11H,1-3H3. The van der Waals surface area contributed by atoms with E-state index >= 15 is 0 Å². The number of hydrogen-bond donors (Lipinski definition) is 0. The average molecular weight is 406 g/mol. The molecule has 0 aliphatic carbocycles. The van der Waals surface area contributed by atoms with Gasteiger partial charge < -0.3 is 14.2 Å². The van der Waals surface area contributed by atoms with Crippen LogP contribution in [0.2, 0.25) is 10.0 Å². The molecule has 0 aliphatic heterocycles. The SMILES string of the molecule is COc1cc(C(=O)n2cccc2-c2ccc(Cl)c(Cl)c2)cc(OC)c1OC. The summed E-state index contributed by atoms with van der Waals surface area (Å²) in [5.41, 5.74) is 1.85. The summed E-state index contributed by atoms with van der Waals surface area (Å²) in [6.45, 7) is 0. The van der Waals surface area contributed by atoms with Crippen molar-refractivity contribution in [3.63, 3.8) is 0 Å². The molecule has 0 saturated carbocycles. The monoisotopic (exact) mass is 405 g/mol. The van der Waals surface area contributed by atoms with E-state index in [0.717, 1.165) is 5.56 Å². The van der Waals surface area contributed by atoms with Crippen molar-refractivity contribution in [3.8, 4) is 28.5 Å². The van der Waals surface area contributed by atoms with Crippen LogP contribution in [0, 0.1) is 0 Å². The van der Waals surface area contributed by atoms with Gasteiger partial charge in [-0.1, -0.05) is 29.3 Å². The Kier molecular flexibility index (Phi) is 5.63. The van der Waals surface area contributed by atoms with E-state index in [4.69, 9.17) is 37.4 Å². The predicted molar refractivity (Wildman–Crippen MR) is 106 cm³/mol. The first-order valence-electron chi connectivity index (χ1n) is 7.97. The highest BCUT2D eigenvalue weighted by Crippen LogP contribution is 2.38. The minimum absolute atomic E-state index is 0.250. The lowest BCUT2D eigenvalue weighted by Gasteiger charge is -2.15. The Labute approximate surface area is 167 Å². The minimum atomic E-state index is -0.250. The Bertz CT molecular complexity index is 972. The van der Waals surface area contributed by atoms with Crippen molar-refractivity contribution in [1.29, 1.82) is 0 Å². The van der Waals surface area contributed by atoms with Gasteiger partial charge in [-0.05, 0) is 36.4 Å². The number of benzene rings is 2. The van der Waals surface area contributed by atoms with Gasteiger partial charge in [0.1, 0.15) is 0 Å². The van der Waals surface area contributed by atoms with Crippen molar-refractivity contribution in [1.82, 2.24) is 4.57 Å². The smallest absolute Gasteiger partial charge is 0.262 e. The molecular formula is C20H17Cl2NO4.